The molecule has 6 nitrogen and oxygen atoms in total. The second kappa shape index (κ2) is 6.66. The van der Waals surface area contributed by atoms with Crippen molar-refractivity contribution >= 4 is 11.8 Å². The van der Waals surface area contributed by atoms with Crippen molar-refractivity contribution in [2.75, 3.05) is 12.8 Å². The third-order valence-corrected chi connectivity index (χ3v) is 3.53. The van der Waals surface area contributed by atoms with Crippen LogP contribution in [0.25, 0.3) is 11.3 Å². The highest BCUT2D eigenvalue weighted by molar-refractivity contribution is 5.75. The number of ether oxygens (including phenoxy) is 1. The lowest BCUT2D eigenvalue weighted by Crippen LogP contribution is -2.08. The first-order chi connectivity index (χ1) is 11.3. The number of hydrogen-bond acceptors (Lipinski definition) is 5. The molecular formula is C16H16F2N4O2. The number of carbonyl (C=O) groups excluding carboxylic acids is 1. The smallest absolute Gasteiger partial charge is 0.310 e. The van der Waals surface area contributed by atoms with Crippen LogP contribution in [0.3, 0.4) is 0 Å². The highest BCUT2D eigenvalue weighted by Crippen LogP contribution is 2.32. The van der Waals surface area contributed by atoms with Gasteiger partial charge >= 0.3 is 5.97 Å². The molecule has 0 bridgehead atoms. The molecule has 0 saturated carbocycles. The summed E-state index contributed by atoms with van der Waals surface area (Å²) < 4.78 is 34.5. The fraction of sp³-hybridized carbons (Fsp3) is 0.312. The Morgan fingerprint density at radius 1 is 1.42 bits per heavy atom. The first-order valence-corrected chi connectivity index (χ1v) is 7.13. The number of anilines is 1. The number of benzene rings is 1. The topological polar surface area (TPSA) is 93.9 Å². The third-order valence-electron chi connectivity index (χ3n) is 3.53. The van der Waals surface area contributed by atoms with Crippen molar-refractivity contribution in [3.05, 3.63) is 34.9 Å². The maximum absolute atomic E-state index is 14.4. The van der Waals surface area contributed by atoms with Gasteiger partial charge in [0.15, 0.2) is 11.6 Å². The van der Waals surface area contributed by atoms with E-state index in [0.717, 1.165) is 7.11 Å². The van der Waals surface area contributed by atoms with E-state index in [1.165, 1.54) is 16.8 Å². The number of methoxy groups -OCH3 is 1. The summed E-state index contributed by atoms with van der Waals surface area (Å²) >= 11 is 0. The summed E-state index contributed by atoms with van der Waals surface area (Å²) in [5.74, 6) is -2.98. The molecule has 2 rings (SSSR count). The average Bonchev–Trinajstić information content (AvgIpc) is 2.88. The Kier molecular flexibility index (Phi) is 4.83. The Labute approximate surface area is 137 Å². The summed E-state index contributed by atoms with van der Waals surface area (Å²) in [6.45, 7) is 3.59. The van der Waals surface area contributed by atoms with E-state index in [2.05, 4.69) is 9.84 Å². The lowest BCUT2D eigenvalue weighted by molar-refractivity contribution is -0.139. The van der Waals surface area contributed by atoms with Crippen molar-refractivity contribution in [2.24, 2.45) is 0 Å². The molecule has 0 aliphatic rings. The van der Waals surface area contributed by atoms with Crippen molar-refractivity contribution in [1.82, 2.24) is 9.78 Å². The van der Waals surface area contributed by atoms with Crippen LogP contribution in [0.2, 0.25) is 0 Å². The molecule has 1 aromatic heterocycles. The quantitative estimate of drug-likeness (QED) is 0.867. The molecule has 0 radical (unpaired) electrons. The van der Waals surface area contributed by atoms with E-state index in [-0.39, 0.29) is 34.2 Å². The highest BCUT2D eigenvalue weighted by Gasteiger charge is 2.24. The number of halogens is 2. The van der Waals surface area contributed by atoms with Crippen LogP contribution in [-0.2, 0) is 16.0 Å². The monoisotopic (exact) mass is 334 g/mol. The van der Waals surface area contributed by atoms with Gasteiger partial charge in [-0.3, -0.25) is 4.79 Å². The lowest BCUT2D eigenvalue weighted by Gasteiger charge is -2.07. The fourth-order valence-electron chi connectivity index (χ4n) is 2.28. The van der Waals surface area contributed by atoms with Gasteiger partial charge < -0.3 is 10.5 Å². The molecule has 0 aliphatic heterocycles. The van der Waals surface area contributed by atoms with Crippen LogP contribution in [0.15, 0.2) is 12.1 Å². The second-order valence-electron chi connectivity index (χ2n) is 5.41. The van der Waals surface area contributed by atoms with Gasteiger partial charge in [-0.15, -0.1) is 0 Å². The first-order valence-electron chi connectivity index (χ1n) is 7.13. The van der Waals surface area contributed by atoms with Gasteiger partial charge in [0.1, 0.15) is 23.1 Å². The number of nitrogens with two attached hydrogens (primary N) is 1. The van der Waals surface area contributed by atoms with E-state index >= 15 is 0 Å². The molecule has 24 heavy (non-hydrogen) atoms. The summed E-state index contributed by atoms with van der Waals surface area (Å²) in [6.07, 6.45) is -0.396. The zero-order chi connectivity index (χ0) is 18.0. The maximum atomic E-state index is 14.4. The van der Waals surface area contributed by atoms with E-state index in [9.17, 15) is 18.8 Å². The van der Waals surface area contributed by atoms with Crippen LogP contribution in [0.1, 0.15) is 31.0 Å². The van der Waals surface area contributed by atoms with Gasteiger partial charge in [0, 0.05) is 17.2 Å². The van der Waals surface area contributed by atoms with Crippen LogP contribution in [-0.4, -0.2) is 22.9 Å². The largest absolute Gasteiger partial charge is 0.469 e. The van der Waals surface area contributed by atoms with E-state index in [1.54, 1.807) is 13.8 Å². The van der Waals surface area contributed by atoms with Crippen molar-refractivity contribution in [2.45, 2.75) is 26.3 Å². The van der Waals surface area contributed by atoms with Crippen LogP contribution in [0.4, 0.5) is 14.6 Å². The van der Waals surface area contributed by atoms with E-state index < -0.39 is 24.0 Å². The number of nitrogen functional groups attached to an aromatic ring is 1. The zero-order valence-corrected chi connectivity index (χ0v) is 13.4. The van der Waals surface area contributed by atoms with Gasteiger partial charge in [0.25, 0.3) is 0 Å². The predicted molar refractivity (Wildman–Crippen MR) is 82.8 cm³/mol. The molecule has 1 heterocycles. The normalized spacial score (nSPS) is 10.7. The minimum atomic E-state index is -1.19. The van der Waals surface area contributed by atoms with E-state index in [4.69, 9.17) is 5.73 Å². The molecule has 0 spiro atoms. The zero-order valence-electron chi connectivity index (χ0n) is 13.4. The lowest BCUT2D eigenvalue weighted by atomic mass is 10.0. The van der Waals surface area contributed by atoms with Crippen LogP contribution in [0, 0.1) is 23.0 Å². The number of nitrogens with zero attached hydrogens (tertiary/aromatic N) is 3. The molecule has 0 unspecified atom stereocenters. The number of nitriles is 1. The average molecular weight is 334 g/mol. The van der Waals surface area contributed by atoms with Gasteiger partial charge in [-0.25, -0.2) is 13.5 Å². The Morgan fingerprint density at radius 3 is 2.62 bits per heavy atom. The summed E-state index contributed by atoms with van der Waals surface area (Å²) in [7, 11) is 1.16. The number of esters is 1. The Balaban J connectivity index is 2.59. The minimum Gasteiger partial charge on any atom is -0.469 e. The molecule has 0 aliphatic carbocycles. The van der Waals surface area contributed by atoms with E-state index in [0.29, 0.717) is 0 Å². The first kappa shape index (κ1) is 17.4. The molecule has 2 N–H and O–H groups in total. The minimum absolute atomic E-state index is 0.0253. The van der Waals surface area contributed by atoms with E-state index in [1.807, 2.05) is 6.07 Å². The molecule has 0 atom stereocenters. The molecule has 0 amide bonds. The predicted octanol–water partition coefficient (Wildman–Crippen LogP) is 2.58. The van der Waals surface area contributed by atoms with Crippen molar-refractivity contribution in [1.29, 1.82) is 5.26 Å². The summed E-state index contributed by atoms with van der Waals surface area (Å²) in [5, 5.41) is 13.4. The summed E-state index contributed by atoms with van der Waals surface area (Å²) in [6, 6.07) is 4.24. The Hall–Kier alpha value is -2.95. The summed E-state index contributed by atoms with van der Waals surface area (Å²) in [4.78, 5) is 11.2. The van der Waals surface area contributed by atoms with Crippen LogP contribution >= 0.6 is 0 Å². The Morgan fingerprint density at radius 2 is 2.08 bits per heavy atom. The maximum Gasteiger partial charge on any atom is 0.310 e. The molecule has 126 valence electrons. The number of carbonyl (C=O) groups is 1. The third kappa shape index (κ3) is 2.93. The van der Waals surface area contributed by atoms with Gasteiger partial charge in [-0.2, -0.15) is 10.4 Å². The number of aromatic nitrogens is 2. The summed E-state index contributed by atoms with van der Waals surface area (Å²) in [5.41, 5.74) is 5.46. The van der Waals surface area contributed by atoms with Crippen molar-refractivity contribution in [3.8, 4) is 17.3 Å². The fourth-order valence-corrected chi connectivity index (χ4v) is 2.28. The van der Waals surface area contributed by atoms with Gasteiger partial charge in [0.05, 0.1) is 13.5 Å². The van der Waals surface area contributed by atoms with Crippen LogP contribution < -0.4 is 5.73 Å². The SMILES string of the molecule is COC(=O)Cc1ccc(-c2nn(C(C)C)c(N)c2C#N)c(F)c1F. The Bertz CT molecular complexity index is 838. The standard InChI is InChI=1S/C16H16F2N4O2/c1-8(2)22-16(20)11(7-19)15(21-22)10-5-4-9(6-12(23)24-3)13(17)14(10)18/h4-5,8H,6,20H2,1-3H3. The molecule has 8 heteroatoms. The molecule has 0 fully saturated rings. The molecule has 1 aromatic carbocycles. The van der Waals surface area contributed by atoms with Crippen LogP contribution in [0.5, 0.6) is 0 Å². The highest BCUT2D eigenvalue weighted by atomic mass is 19.2. The van der Waals surface area contributed by atoms with Crippen molar-refractivity contribution < 1.29 is 18.3 Å². The van der Waals surface area contributed by atoms with Gasteiger partial charge in [-0.05, 0) is 19.9 Å². The number of hydrogen-bond donors (Lipinski definition) is 1. The number of rotatable bonds is 4. The molecule has 0 saturated heterocycles. The second-order valence-corrected chi connectivity index (χ2v) is 5.41. The molecular weight excluding hydrogens is 318 g/mol. The van der Waals surface area contributed by atoms with Gasteiger partial charge in [0.2, 0.25) is 0 Å². The van der Waals surface area contributed by atoms with Crippen molar-refractivity contribution in [3.63, 3.8) is 0 Å². The molecule has 2 aromatic rings. The van der Waals surface area contributed by atoms with Gasteiger partial charge in [-0.1, -0.05) is 6.07 Å².